The summed E-state index contributed by atoms with van der Waals surface area (Å²) in [7, 11) is 0. The Morgan fingerprint density at radius 1 is 1.05 bits per heavy atom. The first-order valence-corrected chi connectivity index (χ1v) is 8.07. The van der Waals surface area contributed by atoms with Crippen LogP contribution in [0, 0.1) is 17.3 Å². The second-order valence-corrected chi connectivity index (χ2v) is 8.91. The summed E-state index contributed by atoms with van der Waals surface area (Å²) < 4.78 is 6.11. The van der Waals surface area contributed by atoms with Crippen molar-refractivity contribution >= 4 is 5.78 Å². The smallest absolute Gasteiger partial charge is 0.155 e. The fraction of sp³-hybridized carbons (Fsp3) is 0.941. The number of likely N-dealkylation sites (tertiary alicyclic amines) is 1. The zero-order chi connectivity index (χ0) is 14.9. The Kier molecular flexibility index (Phi) is 3.12. The zero-order valence-electron chi connectivity index (χ0n) is 13.8. The molecule has 5 unspecified atom stereocenters. The Morgan fingerprint density at radius 2 is 1.65 bits per heavy atom. The van der Waals surface area contributed by atoms with Gasteiger partial charge in [0.2, 0.25) is 0 Å². The fourth-order valence-corrected chi connectivity index (χ4v) is 4.49. The van der Waals surface area contributed by atoms with Crippen LogP contribution in [0.4, 0.5) is 0 Å². The standard InChI is InChI=1S/C17H29NO2/c1-16(2,3)15(19)14-13-10(9-18(14)17(4,5)6)11-7-8-12(13)20-11/h10-14H,7-9H2,1-6H3. The van der Waals surface area contributed by atoms with Crippen LogP contribution in [-0.4, -0.2) is 41.0 Å². The van der Waals surface area contributed by atoms with Crippen LogP contribution >= 0.6 is 0 Å². The van der Waals surface area contributed by atoms with Gasteiger partial charge < -0.3 is 4.74 Å². The van der Waals surface area contributed by atoms with E-state index in [4.69, 9.17) is 4.74 Å². The quantitative estimate of drug-likeness (QED) is 0.739. The normalized spacial score (nSPS) is 41.2. The van der Waals surface area contributed by atoms with E-state index in [0.29, 0.717) is 29.8 Å². The predicted octanol–water partition coefficient (Wildman–Crippen LogP) is 2.88. The van der Waals surface area contributed by atoms with E-state index in [1.165, 1.54) is 6.42 Å². The molecule has 0 N–H and O–H groups in total. The molecular weight excluding hydrogens is 250 g/mol. The number of rotatable bonds is 1. The minimum atomic E-state index is -0.273. The third-order valence-electron chi connectivity index (χ3n) is 5.46. The molecule has 0 amide bonds. The van der Waals surface area contributed by atoms with Crippen molar-refractivity contribution in [2.75, 3.05) is 6.54 Å². The lowest BCUT2D eigenvalue weighted by molar-refractivity contribution is -0.135. The van der Waals surface area contributed by atoms with Crippen molar-refractivity contribution in [3.63, 3.8) is 0 Å². The molecule has 3 heterocycles. The first kappa shape index (κ1) is 14.5. The molecule has 3 saturated heterocycles. The lowest BCUT2D eigenvalue weighted by Crippen LogP contribution is -2.53. The molecule has 2 bridgehead atoms. The molecule has 0 saturated carbocycles. The van der Waals surface area contributed by atoms with Crippen LogP contribution in [0.15, 0.2) is 0 Å². The van der Waals surface area contributed by atoms with Crippen LogP contribution in [0.25, 0.3) is 0 Å². The number of carbonyl (C=O) groups excluding carboxylic acids is 1. The largest absolute Gasteiger partial charge is 0.374 e. The summed E-state index contributed by atoms with van der Waals surface area (Å²) in [6.07, 6.45) is 3.08. The summed E-state index contributed by atoms with van der Waals surface area (Å²) in [4.78, 5) is 15.5. The monoisotopic (exact) mass is 279 g/mol. The third-order valence-corrected chi connectivity index (χ3v) is 5.46. The summed E-state index contributed by atoms with van der Waals surface area (Å²) in [5, 5.41) is 0. The van der Waals surface area contributed by atoms with Gasteiger partial charge in [-0.3, -0.25) is 9.69 Å². The van der Waals surface area contributed by atoms with Gasteiger partial charge in [0, 0.05) is 29.3 Å². The Morgan fingerprint density at radius 3 is 2.20 bits per heavy atom. The Labute approximate surface area is 123 Å². The molecule has 3 rings (SSSR count). The minimum absolute atomic E-state index is 0.0509. The second-order valence-electron chi connectivity index (χ2n) is 8.91. The predicted molar refractivity (Wildman–Crippen MR) is 79.6 cm³/mol. The van der Waals surface area contributed by atoms with Gasteiger partial charge in [-0.15, -0.1) is 0 Å². The van der Waals surface area contributed by atoms with E-state index >= 15 is 0 Å². The van der Waals surface area contributed by atoms with Crippen LogP contribution in [-0.2, 0) is 9.53 Å². The van der Waals surface area contributed by atoms with Crippen LogP contribution in [0.5, 0.6) is 0 Å². The van der Waals surface area contributed by atoms with E-state index < -0.39 is 0 Å². The van der Waals surface area contributed by atoms with E-state index in [1.807, 2.05) is 0 Å². The van der Waals surface area contributed by atoms with Gasteiger partial charge in [0.25, 0.3) is 0 Å². The number of hydrogen-bond donors (Lipinski definition) is 0. The maximum atomic E-state index is 13.0. The van der Waals surface area contributed by atoms with E-state index in [0.717, 1.165) is 13.0 Å². The van der Waals surface area contributed by atoms with Crippen LogP contribution in [0.1, 0.15) is 54.4 Å². The molecular formula is C17H29NO2. The lowest BCUT2D eigenvalue weighted by atomic mass is 9.73. The average Bonchev–Trinajstić information content (AvgIpc) is 2.96. The van der Waals surface area contributed by atoms with Gasteiger partial charge in [-0.05, 0) is 33.6 Å². The minimum Gasteiger partial charge on any atom is -0.374 e. The van der Waals surface area contributed by atoms with Crippen molar-refractivity contribution in [3.8, 4) is 0 Å². The van der Waals surface area contributed by atoms with Crippen LogP contribution < -0.4 is 0 Å². The molecule has 0 spiro atoms. The van der Waals surface area contributed by atoms with Gasteiger partial charge in [-0.25, -0.2) is 0 Å². The number of carbonyl (C=O) groups is 1. The van der Waals surface area contributed by atoms with Crippen molar-refractivity contribution in [1.82, 2.24) is 4.90 Å². The molecule has 0 aromatic heterocycles. The maximum absolute atomic E-state index is 13.0. The van der Waals surface area contributed by atoms with E-state index in [-0.39, 0.29) is 17.0 Å². The number of Topliss-reactive ketones (excluding diaryl/α,β-unsaturated/α-hetero) is 1. The summed E-state index contributed by atoms with van der Waals surface area (Å²) in [5.74, 6) is 1.40. The molecule has 5 atom stereocenters. The zero-order valence-corrected chi connectivity index (χ0v) is 13.8. The first-order valence-electron chi connectivity index (χ1n) is 8.07. The SMILES string of the molecule is CC(C)(C)C(=O)C1C2C3CCC(O3)C2CN1C(C)(C)C. The highest BCUT2D eigenvalue weighted by atomic mass is 16.5. The van der Waals surface area contributed by atoms with Gasteiger partial charge in [-0.2, -0.15) is 0 Å². The van der Waals surface area contributed by atoms with Gasteiger partial charge in [0.05, 0.1) is 18.2 Å². The van der Waals surface area contributed by atoms with Crippen LogP contribution in [0.2, 0.25) is 0 Å². The number of hydrogen-bond acceptors (Lipinski definition) is 3. The van der Waals surface area contributed by atoms with Crippen LogP contribution in [0.3, 0.4) is 0 Å². The Balaban J connectivity index is 1.95. The van der Waals surface area contributed by atoms with Crippen molar-refractivity contribution in [2.24, 2.45) is 17.3 Å². The van der Waals surface area contributed by atoms with Crippen molar-refractivity contribution in [1.29, 1.82) is 0 Å². The fourth-order valence-electron chi connectivity index (χ4n) is 4.49. The highest BCUT2D eigenvalue weighted by Gasteiger charge is 2.61. The third kappa shape index (κ3) is 2.05. The van der Waals surface area contributed by atoms with Gasteiger partial charge in [-0.1, -0.05) is 20.8 Å². The Hall–Kier alpha value is -0.410. The van der Waals surface area contributed by atoms with E-state index in [2.05, 4.69) is 46.4 Å². The van der Waals surface area contributed by atoms with E-state index in [9.17, 15) is 4.79 Å². The number of ether oxygens (including phenoxy) is 1. The summed E-state index contributed by atoms with van der Waals surface area (Å²) in [6.45, 7) is 13.9. The molecule has 3 aliphatic heterocycles. The highest BCUT2D eigenvalue weighted by molar-refractivity contribution is 5.89. The number of nitrogens with zero attached hydrogens (tertiary/aromatic N) is 1. The molecule has 3 nitrogen and oxygen atoms in total. The number of fused-ring (bicyclic) bond motifs is 5. The number of ketones is 1. The topological polar surface area (TPSA) is 29.5 Å². The molecule has 0 aliphatic carbocycles. The highest BCUT2D eigenvalue weighted by Crippen LogP contribution is 2.52. The molecule has 3 fully saturated rings. The summed E-state index contributed by atoms with van der Waals surface area (Å²) >= 11 is 0. The van der Waals surface area contributed by atoms with Gasteiger partial charge in [0.15, 0.2) is 5.78 Å². The maximum Gasteiger partial charge on any atom is 0.155 e. The van der Waals surface area contributed by atoms with Crippen molar-refractivity contribution < 1.29 is 9.53 Å². The lowest BCUT2D eigenvalue weighted by Gasteiger charge is -2.40. The van der Waals surface area contributed by atoms with Gasteiger partial charge >= 0.3 is 0 Å². The molecule has 20 heavy (non-hydrogen) atoms. The van der Waals surface area contributed by atoms with E-state index in [1.54, 1.807) is 0 Å². The molecule has 3 heteroatoms. The van der Waals surface area contributed by atoms with Gasteiger partial charge in [0.1, 0.15) is 0 Å². The Bertz CT molecular complexity index is 416. The molecule has 0 aromatic rings. The molecule has 3 aliphatic rings. The average molecular weight is 279 g/mol. The molecule has 0 radical (unpaired) electrons. The second kappa shape index (κ2) is 4.30. The van der Waals surface area contributed by atoms with Crippen molar-refractivity contribution in [3.05, 3.63) is 0 Å². The summed E-state index contributed by atoms with van der Waals surface area (Å²) in [5.41, 5.74) is -0.222. The van der Waals surface area contributed by atoms with Crippen molar-refractivity contribution in [2.45, 2.75) is 78.2 Å². The molecule has 0 aromatic carbocycles. The first-order chi connectivity index (χ1) is 9.10. The molecule has 114 valence electrons. The summed E-state index contributed by atoms with van der Waals surface area (Å²) in [6, 6.07) is 0.0512.